The lowest BCUT2D eigenvalue weighted by molar-refractivity contribution is -0.122. The Balaban J connectivity index is 1.50. The first kappa shape index (κ1) is 19.2. The maximum atomic E-state index is 11.5. The monoisotopic (exact) mass is 367 g/mol. The van der Waals surface area contributed by atoms with Crippen LogP contribution in [-0.2, 0) is 17.9 Å². The molecule has 5 nitrogen and oxygen atoms in total. The number of ether oxygens (including phenoxy) is 1. The van der Waals surface area contributed by atoms with Gasteiger partial charge in [-0.25, -0.2) is 0 Å². The number of primary amides is 1. The molecule has 0 spiro atoms. The average molecular weight is 367 g/mol. The number of anilines is 1. The Hall–Kier alpha value is -2.53. The number of hydrogen-bond acceptors (Lipinski definition) is 4. The Morgan fingerprint density at radius 2 is 1.96 bits per heavy atom. The highest BCUT2D eigenvalue weighted by Gasteiger charge is 2.23. The number of carbonyl (C=O) groups is 1. The molecule has 1 atom stereocenters. The predicted molar refractivity (Wildman–Crippen MR) is 109 cm³/mol. The predicted octanol–water partition coefficient (Wildman–Crippen LogP) is 3.08. The second kappa shape index (κ2) is 9.42. The van der Waals surface area contributed by atoms with E-state index in [9.17, 15) is 4.79 Å². The van der Waals surface area contributed by atoms with Gasteiger partial charge in [-0.3, -0.25) is 4.79 Å². The lowest BCUT2D eigenvalue weighted by Gasteiger charge is -2.33. The van der Waals surface area contributed by atoms with E-state index in [4.69, 9.17) is 10.5 Å². The highest BCUT2D eigenvalue weighted by molar-refractivity contribution is 5.77. The molecule has 3 rings (SSSR count). The molecular formula is C22H29N3O2. The maximum absolute atomic E-state index is 11.5. The molecule has 2 aromatic rings. The molecule has 1 heterocycles. The molecule has 0 radical (unpaired) electrons. The van der Waals surface area contributed by atoms with Gasteiger partial charge in [0.25, 0.3) is 0 Å². The number of hydrogen-bond donors (Lipinski definition) is 2. The van der Waals surface area contributed by atoms with Crippen LogP contribution in [-0.4, -0.2) is 25.6 Å². The van der Waals surface area contributed by atoms with Gasteiger partial charge in [-0.2, -0.15) is 0 Å². The number of nitrogens with zero attached hydrogens (tertiary/aromatic N) is 1. The van der Waals surface area contributed by atoms with E-state index in [2.05, 4.69) is 46.6 Å². The molecule has 144 valence electrons. The second-order valence-corrected chi connectivity index (χ2v) is 7.04. The number of nitrogens with one attached hydrogen (secondary N) is 1. The molecule has 3 N–H and O–H groups in total. The normalized spacial score (nSPS) is 16.9. The van der Waals surface area contributed by atoms with Crippen LogP contribution in [0.1, 0.15) is 30.9 Å². The van der Waals surface area contributed by atoms with Crippen LogP contribution in [0.15, 0.2) is 48.5 Å². The van der Waals surface area contributed by atoms with Crippen LogP contribution in [0, 0.1) is 5.92 Å². The summed E-state index contributed by atoms with van der Waals surface area (Å²) in [5.74, 6) is 0.693. The molecule has 0 aliphatic carbocycles. The fourth-order valence-corrected chi connectivity index (χ4v) is 3.53. The smallest absolute Gasteiger partial charge is 0.222 e. The summed E-state index contributed by atoms with van der Waals surface area (Å²) in [5, 5.41) is 3.48. The molecule has 0 unspecified atom stereocenters. The number of nitrogens with two attached hydrogens (primary N) is 1. The molecule has 1 saturated heterocycles. The molecule has 27 heavy (non-hydrogen) atoms. The van der Waals surface area contributed by atoms with Gasteiger partial charge in [-0.15, -0.1) is 0 Å². The van der Waals surface area contributed by atoms with Crippen molar-refractivity contribution in [2.75, 3.05) is 24.6 Å². The van der Waals surface area contributed by atoms with E-state index < -0.39 is 0 Å². The molecule has 1 aliphatic rings. The van der Waals surface area contributed by atoms with Crippen molar-refractivity contribution in [2.45, 2.75) is 32.9 Å². The highest BCUT2D eigenvalue weighted by Crippen LogP contribution is 2.23. The first-order chi connectivity index (χ1) is 13.2. The van der Waals surface area contributed by atoms with Gasteiger partial charge in [0.1, 0.15) is 5.75 Å². The fourth-order valence-electron chi connectivity index (χ4n) is 3.53. The molecule has 1 aliphatic heterocycles. The maximum Gasteiger partial charge on any atom is 0.222 e. The molecule has 0 bridgehead atoms. The van der Waals surface area contributed by atoms with Crippen molar-refractivity contribution < 1.29 is 9.53 Å². The second-order valence-electron chi connectivity index (χ2n) is 7.04. The third kappa shape index (κ3) is 5.47. The number of carbonyl (C=O) groups excluding carboxylic acids is 1. The zero-order valence-corrected chi connectivity index (χ0v) is 16.0. The molecule has 1 amide bonds. The van der Waals surface area contributed by atoms with Gasteiger partial charge >= 0.3 is 0 Å². The van der Waals surface area contributed by atoms with Gasteiger partial charge in [0.15, 0.2) is 0 Å². The van der Waals surface area contributed by atoms with E-state index in [0.717, 1.165) is 50.5 Å². The van der Waals surface area contributed by atoms with E-state index in [1.807, 2.05) is 19.1 Å². The minimum absolute atomic E-state index is 0.0347. The minimum atomic E-state index is -0.186. The molecule has 0 aromatic heterocycles. The average Bonchev–Trinajstić information content (AvgIpc) is 2.69. The quantitative estimate of drug-likeness (QED) is 0.752. The van der Waals surface area contributed by atoms with Gasteiger partial charge in [-0.05, 0) is 55.2 Å². The third-order valence-electron chi connectivity index (χ3n) is 4.99. The minimum Gasteiger partial charge on any atom is -0.494 e. The van der Waals surface area contributed by atoms with Crippen molar-refractivity contribution in [3.8, 4) is 5.75 Å². The van der Waals surface area contributed by atoms with Gasteiger partial charge in [0, 0.05) is 31.9 Å². The van der Waals surface area contributed by atoms with Crippen molar-refractivity contribution in [3.63, 3.8) is 0 Å². The third-order valence-corrected chi connectivity index (χ3v) is 4.99. The van der Waals surface area contributed by atoms with E-state index in [1.165, 1.54) is 11.1 Å². The van der Waals surface area contributed by atoms with Crippen LogP contribution in [0.5, 0.6) is 5.75 Å². The van der Waals surface area contributed by atoms with Gasteiger partial charge < -0.3 is 20.7 Å². The van der Waals surface area contributed by atoms with Crippen molar-refractivity contribution >= 4 is 11.6 Å². The fraction of sp³-hybridized carbons (Fsp3) is 0.409. The van der Waals surface area contributed by atoms with Crippen LogP contribution in [0.2, 0.25) is 0 Å². The summed E-state index contributed by atoms with van der Waals surface area (Å²) in [4.78, 5) is 13.7. The summed E-state index contributed by atoms with van der Waals surface area (Å²) in [7, 11) is 0. The van der Waals surface area contributed by atoms with Gasteiger partial charge in [0.2, 0.25) is 5.91 Å². The van der Waals surface area contributed by atoms with E-state index in [1.54, 1.807) is 0 Å². The van der Waals surface area contributed by atoms with Crippen molar-refractivity contribution in [1.29, 1.82) is 0 Å². The first-order valence-corrected chi connectivity index (χ1v) is 9.71. The summed E-state index contributed by atoms with van der Waals surface area (Å²) in [6, 6.07) is 16.7. The van der Waals surface area contributed by atoms with Crippen LogP contribution in [0.3, 0.4) is 0 Å². The Morgan fingerprint density at radius 1 is 1.19 bits per heavy atom. The first-order valence-electron chi connectivity index (χ1n) is 9.71. The lowest BCUT2D eigenvalue weighted by Crippen LogP contribution is -2.41. The zero-order chi connectivity index (χ0) is 19.1. The highest BCUT2D eigenvalue weighted by atomic mass is 16.5. The Kier molecular flexibility index (Phi) is 6.71. The number of piperidine rings is 1. The van der Waals surface area contributed by atoms with Gasteiger partial charge in [-0.1, -0.05) is 24.3 Å². The van der Waals surface area contributed by atoms with Crippen LogP contribution in [0.25, 0.3) is 0 Å². The van der Waals surface area contributed by atoms with Crippen LogP contribution >= 0.6 is 0 Å². The van der Waals surface area contributed by atoms with Crippen molar-refractivity contribution in [3.05, 3.63) is 59.7 Å². The van der Waals surface area contributed by atoms with Crippen molar-refractivity contribution in [2.24, 2.45) is 11.7 Å². The number of benzene rings is 2. The Labute approximate surface area is 161 Å². The SMILES string of the molecule is CCOc1cccc(CNCc2ccc(N3CCC[C@@H](C(N)=O)C3)cc2)c1. The Morgan fingerprint density at radius 3 is 2.70 bits per heavy atom. The summed E-state index contributed by atoms with van der Waals surface area (Å²) >= 11 is 0. The molecule has 2 aromatic carbocycles. The Bertz CT molecular complexity index is 745. The summed E-state index contributed by atoms with van der Waals surface area (Å²) in [6.07, 6.45) is 1.91. The summed E-state index contributed by atoms with van der Waals surface area (Å²) in [5.41, 5.74) is 9.09. The van der Waals surface area contributed by atoms with E-state index in [-0.39, 0.29) is 11.8 Å². The molecule has 0 saturated carbocycles. The van der Waals surface area contributed by atoms with Crippen molar-refractivity contribution in [1.82, 2.24) is 5.32 Å². The largest absolute Gasteiger partial charge is 0.494 e. The molecule has 1 fully saturated rings. The van der Waals surface area contributed by atoms with Gasteiger partial charge in [0.05, 0.1) is 12.5 Å². The van der Waals surface area contributed by atoms with E-state index >= 15 is 0 Å². The van der Waals surface area contributed by atoms with Crippen LogP contribution in [0.4, 0.5) is 5.69 Å². The lowest BCUT2D eigenvalue weighted by atomic mass is 9.97. The molecule has 5 heteroatoms. The number of rotatable bonds is 8. The summed E-state index contributed by atoms with van der Waals surface area (Å²) < 4.78 is 5.54. The van der Waals surface area contributed by atoms with Crippen LogP contribution < -0.4 is 20.7 Å². The topological polar surface area (TPSA) is 67.6 Å². The zero-order valence-electron chi connectivity index (χ0n) is 16.0. The number of amides is 1. The van der Waals surface area contributed by atoms with E-state index in [0.29, 0.717) is 6.61 Å². The standard InChI is InChI=1S/C22H29N3O2/c1-2-27-21-7-3-5-18(13-21)15-24-14-17-8-10-20(11-9-17)25-12-4-6-19(16-25)22(23)26/h3,5,7-11,13,19,24H,2,4,6,12,14-16H2,1H3,(H2,23,26)/t19-/m1/s1. The summed E-state index contributed by atoms with van der Waals surface area (Å²) in [6.45, 7) is 5.99. The molecular weight excluding hydrogens is 338 g/mol.